The van der Waals surface area contributed by atoms with E-state index in [0.29, 0.717) is 0 Å². The van der Waals surface area contributed by atoms with Crippen molar-refractivity contribution in [2.24, 2.45) is 0 Å². The van der Waals surface area contributed by atoms with Crippen molar-refractivity contribution in [1.82, 2.24) is 5.32 Å². The molecule has 0 amide bonds. The van der Waals surface area contributed by atoms with E-state index in [-0.39, 0.29) is 12.1 Å². The van der Waals surface area contributed by atoms with Gasteiger partial charge in [-0.05, 0) is 28.7 Å². The number of allylic oxidation sites excluding steroid dienone is 1. The van der Waals surface area contributed by atoms with Crippen molar-refractivity contribution in [2.45, 2.75) is 38.3 Å². The molecule has 1 atom stereocenters. The van der Waals surface area contributed by atoms with Crippen LogP contribution in [0.4, 0.5) is 0 Å². The third-order valence-electron chi connectivity index (χ3n) is 4.37. The van der Waals surface area contributed by atoms with Gasteiger partial charge in [-0.3, -0.25) is 5.32 Å². The largest absolute Gasteiger partial charge is 0.288 e. The monoisotopic (exact) mass is 302 g/mol. The molecule has 0 spiro atoms. The van der Waals surface area contributed by atoms with Gasteiger partial charge in [0, 0.05) is 0 Å². The molecule has 2 aromatic rings. The third-order valence-corrected chi connectivity index (χ3v) is 4.37. The summed E-state index contributed by atoms with van der Waals surface area (Å²) >= 11 is 0. The Bertz CT molecular complexity index is 694. The van der Waals surface area contributed by atoms with E-state index >= 15 is 0 Å². The highest BCUT2D eigenvalue weighted by atomic mass is 15.0. The Morgan fingerprint density at radius 3 is 2.26 bits per heavy atom. The van der Waals surface area contributed by atoms with Gasteiger partial charge in [0.05, 0.1) is 12.1 Å². The lowest BCUT2D eigenvalue weighted by atomic mass is 10.0. The number of hydrogen-bond donors (Lipinski definition) is 1. The van der Waals surface area contributed by atoms with E-state index in [0.717, 1.165) is 6.42 Å². The number of hydrogen-bond acceptors (Lipinski definition) is 2. The predicted octanol–water partition coefficient (Wildman–Crippen LogP) is 4.98. The fourth-order valence-electron chi connectivity index (χ4n) is 3.20. The van der Waals surface area contributed by atoms with E-state index in [1.165, 1.54) is 35.1 Å². The Morgan fingerprint density at radius 1 is 1.09 bits per heavy atom. The van der Waals surface area contributed by atoms with Gasteiger partial charge in [0.15, 0.2) is 0 Å². The molecule has 1 aliphatic rings. The fourth-order valence-corrected chi connectivity index (χ4v) is 3.20. The quantitative estimate of drug-likeness (QED) is 0.603. The summed E-state index contributed by atoms with van der Waals surface area (Å²) < 4.78 is 0. The molecule has 0 saturated carbocycles. The van der Waals surface area contributed by atoms with E-state index in [4.69, 9.17) is 0 Å². The van der Waals surface area contributed by atoms with Crippen LogP contribution in [0, 0.1) is 11.3 Å². The number of rotatable bonds is 6. The standard InChI is InChI=1S/C21H22N2/c1-2-3-4-5-10-16(15-22)23-21-19-13-8-6-11-17(19)18-12-7-9-14-20(18)21/h5-14,16,21,23H,2-4H2,1H3/b10-5+/t16-/m1/s1. The van der Waals surface area contributed by atoms with E-state index < -0.39 is 0 Å². The minimum Gasteiger partial charge on any atom is -0.288 e. The van der Waals surface area contributed by atoms with E-state index in [1.807, 2.05) is 6.08 Å². The number of unbranched alkanes of at least 4 members (excludes halogenated alkanes) is 2. The number of nitriles is 1. The van der Waals surface area contributed by atoms with Crippen LogP contribution in [0.2, 0.25) is 0 Å². The average molecular weight is 302 g/mol. The molecular formula is C21H22N2. The van der Waals surface area contributed by atoms with Gasteiger partial charge in [0.1, 0.15) is 6.04 Å². The first-order valence-electron chi connectivity index (χ1n) is 8.35. The molecule has 0 bridgehead atoms. The first kappa shape index (κ1) is 15.5. The number of benzene rings is 2. The summed E-state index contributed by atoms with van der Waals surface area (Å²) in [6.07, 6.45) is 7.51. The zero-order chi connectivity index (χ0) is 16.1. The molecule has 2 aromatic carbocycles. The summed E-state index contributed by atoms with van der Waals surface area (Å²) in [5.41, 5.74) is 5.06. The van der Waals surface area contributed by atoms with Gasteiger partial charge in [0.2, 0.25) is 0 Å². The fraction of sp³-hybridized carbons (Fsp3) is 0.286. The summed E-state index contributed by atoms with van der Waals surface area (Å²) in [5.74, 6) is 0. The van der Waals surface area contributed by atoms with E-state index in [1.54, 1.807) is 0 Å². The van der Waals surface area contributed by atoms with Crippen LogP contribution >= 0.6 is 0 Å². The summed E-state index contributed by atoms with van der Waals surface area (Å²) in [6, 6.07) is 19.1. The highest BCUT2D eigenvalue weighted by molar-refractivity contribution is 5.78. The lowest BCUT2D eigenvalue weighted by molar-refractivity contribution is 0.607. The number of nitrogens with one attached hydrogen (secondary N) is 1. The second-order valence-corrected chi connectivity index (χ2v) is 5.95. The molecule has 3 rings (SSSR count). The summed E-state index contributed by atoms with van der Waals surface area (Å²) in [4.78, 5) is 0. The van der Waals surface area contributed by atoms with Crippen LogP contribution in [0.25, 0.3) is 11.1 Å². The molecule has 0 aliphatic heterocycles. The van der Waals surface area contributed by atoms with Crippen molar-refractivity contribution in [3.63, 3.8) is 0 Å². The highest BCUT2D eigenvalue weighted by Crippen LogP contribution is 2.43. The topological polar surface area (TPSA) is 35.8 Å². The molecule has 0 aromatic heterocycles. The van der Waals surface area contributed by atoms with Crippen LogP contribution in [-0.2, 0) is 0 Å². The second-order valence-electron chi connectivity index (χ2n) is 5.95. The van der Waals surface area contributed by atoms with Crippen molar-refractivity contribution in [1.29, 1.82) is 5.26 Å². The van der Waals surface area contributed by atoms with E-state index in [2.05, 4.69) is 72.9 Å². The smallest absolute Gasteiger partial charge is 0.115 e. The first-order chi connectivity index (χ1) is 11.3. The SMILES string of the molecule is CCCC/C=C/[C@H](C#N)NC1c2ccccc2-c2ccccc21. The van der Waals surface area contributed by atoms with Gasteiger partial charge in [-0.15, -0.1) is 0 Å². The van der Waals surface area contributed by atoms with Gasteiger partial charge in [-0.25, -0.2) is 0 Å². The third kappa shape index (κ3) is 3.21. The van der Waals surface area contributed by atoms with Crippen molar-refractivity contribution >= 4 is 0 Å². The van der Waals surface area contributed by atoms with Gasteiger partial charge in [0.25, 0.3) is 0 Å². The number of fused-ring (bicyclic) bond motifs is 3. The molecular weight excluding hydrogens is 280 g/mol. The summed E-state index contributed by atoms with van der Waals surface area (Å²) in [7, 11) is 0. The molecule has 2 nitrogen and oxygen atoms in total. The van der Waals surface area contributed by atoms with Crippen LogP contribution in [-0.4, -0.2) is 6.04 Å². The normalized spacial score (nSPS) is 14.4. The minimum atomic E-state index is -0.268. The van der Waals surface area contributed by atoms with Crippen molar-refractivity contribution in [3.8, 4) is 17.2 Å². The van der Waals surface area contributed by atoms with Crippen LogP contribution in [0.3, 0.4) is 0 Å². The molecule has 0 fully saturated rings. The second kappa shape index (κ2) is 7.26. The molecule has 0 heterocycles. The minimum absolute atomic E-state index is 0.0860. The molecule has 1 N–H and O–H groups in total. The Labute approximate surface area is 138 Å². The van der Waals surface area contributed by atoms with Crippen molar-refractivity contribution in [3.05, 3.63) is 71.8 Å². The van der Waals surface area contributed by atoms with E-state index in [9.17, 15) is 5.26 Å². The van der Waals surface area contributed by atoms with Gasteiger partial charge >= 0.3 is 0 Å². The molecule has 116 valence electrons. The molecule has 23 heavy (non-hydrogen) atoms. The van der Waals surface area contributed by atoms with Crippen molar-refractivity contribution in [2.75, 3.05) is 0 Å². The lowest BCUT2D eigenvalue weighted by Crippen LogP contribution is -2.29. The zero-order valence-corrected chi connectivity index (χ0v) is 13.5. The molecule has 1 aliphatic carbocycles. The predicted molar refractivity (Wildman–Crippen MR) is 94.9 cm³/mol. The molecule has 0 radical (unpaired) electrons. The average Bonchev–Trinajstić information content (AvgIpc) is 2.92. The van der Waals surface area contributed by atoms with Crippen LogP contribution in [0.15, 0.2) is 60.7 Å². The Morgan fingerprint density at radius 2 is 1.70 bits per heavy atom. The highest BCUT2D eigenvalue weighted by Gasteiger charge is 2.28. The Balaban J connectivity index is 1.85. The van der Waals surface area contributed by atoms with Crippen LogP contribution in [0.1, 0.15) is 43.4 Å². The zero-order valence-electron chi connectivity index (χ0n) is 13.5. The molecule has 2 heteroatoms. The Kier molecular flexibility index (Phi) is 4.90. The van der Waals surface area contributed by atoms with Gasteiger partial charge in [-0.2, -0.15) is 5.26 Å². The maximum absolute atomic E-state index is 9.48. The van der Waals surface area contributed by atoms with Gasteiger partial charge in [-0.1, -0.05) is 80.4 Å². The van der Waals surface area contributed by atoms with Crippen LogP contribution in [0.5, 0.6) is 0 Å². The maximum Gasteiger partial charge on any atom is 0.115 e. The van der Waals surface area contributed by atoms with Crippen LogP contribution < -0.4 is 5.32 Å². The Hall–Kier alpha value is -2.37. The summed E-state index contributed by atoms with van der Waals surface area (Å²) in [6.45, 7) is 2.18. The molecule has 0 unspecified atom stereocenters. The summed E-state index contributed by atoms with van der Waals surface area (Å²) in [5, 5.41) is 13.0. The van der Waals surface area contributed by atoms with Crippen molar-refractivity contribution < 1.29 is 0 Å². The lowest BCUT2D eigenvalue weighted by Gasteiger charge is -2.18. The van der Waals surface area contributed by atoms with Gasteiger partial charge < -0.3 is 0 Å². The maximum atomic E-state index is 9.48. The first-order valence-corrected chi connectivity index (χ1v) is 8.35. The molecule has 0 saturated heterocycles. The number of nitrogens with zero attached hydrogens (tertiary/aromatic N) is 1.